The van der Waals surface area contributed by atoms with E-state index < -0.39 is 12.1 Å². The van der Waals surface area contributed by atoms with E-state index in [1.165, 1.54) is 6.26 Å². The van der Waals surface area contributed by atoms with Crippen LogP contribution >= 0.6 is 0 Å². The van der Waals surface area contributed by atoms with Gasteiger partial charge in [-0.3, -0.25) is 0 Å². The molecule has 0 saturated heterocycles. The molecule has 0 spiro atoms. The van der Waals surface area contributed by atoms with E-state index in [-0.39, 0.29) is 0 Å². The molecule has 90 valence electrons. The average molecular weight is 228 g/mol. The summed E-state index contributed by atoms with van der Waals surface area (Å²) in [5.41, 5.74) is 0.428. The zero-order valence-corrected chi connectivity index (χ0v) is 9.69. The first-order valence-electron chi connectivity index (χ1n) is 4.92. The SMILES string of the molecule is COCC(COC)OC(=O)c1ccoc1C. The number of carbonyl (C=O) groups is 1. The van der Waals surface area contributed by atoms with Gasteiger partial charge < -0.3 is 18.6 Å². The van der Waals surface area contributed by atoms with Crippen LogP contribution in [-0.4, -0.2) is 39.5 Å². The number of hydrogen-bond donors (Lipinski definition) is 0. The van der Waals surface area contributed by atoms with Crippen LogP contribution in [0.1, 0.15) is 16.1 Å². The standard InChI is InChI=1S/C11H16O5/c1-8-10(4-5-15-8)11(12)16-9(6-13-2)7-14-3/h4-5,9H,6-7H2,1-3H3. The minimum Gasteiger partial charge on any atom is -0.469 e. The number of furan rings is 1. The topological polar surface area (TPSA) is 57.9 Å². The predicted octanol–water partition coefficient (Wildman–Crippen LogP) is 1.41. The summed E-state index contributed by atoms with van der Waals surface area (Å²) < 4.78 is 20.1. The van der Waals surface area contributed by atoms with E-state index in [0.29, 0.717) is 24.5 Å². The molecular formula is C11H16O5. The smallest absolute Gasteiger partial charge is 0.342 e. The summed E-state index contributed by atoms with van der Waals surface area (Å²) in [7, 11) is 3.08. The Balaban J connectivity index is 2.58. The Labute approximate surface area is 94.3 Å². The maximum Gasteiger partial charge on any atom is 0.342 e. The van der Waals surface area contributed by atoms with Crippen molar-refractivity contribution in [3.8, 4) is 0 Å². The molecule has 1 aromatic heterocycles. The van der Waals surface area contributed by atoms with Gasteiger partial charge >= 0.3 is 5.97 Å². The van der Waals surface area contributed by atoms with Gasteiger partial charge in [0.25, 0.3) is 0 Å². The van der Waals surface area contributed by atoms with Gasteiger partial charge in [0.2, 0.25) is 0 Å². The highest BCUT2D eigenvalue weighted by Crippen LogP contribution is 2.11. The van der Waals surface area contributed by atoms with E-state index in [1.54, 1.807) is 27.2 Å². The molecule has 0 unspecified atom stereocenters. The van der Waals surface area contributed by atoms with E-state index >= 15 is 0 Å². The van der Waals surface area contributed by atoms with Crippen LogP contribution in [0.4, 0.5) is 0 Å². The quantitative estimate of drug-likeness (QED) is 0.689. The van der Waals surface area contributed by atoms with Crippen LogP contribution in [0.3, 0.4) is 0 Å². The van der Waals surface area contributed by atoms with Crippen LogP contribution in [0.25, 0.3) is 0 Å². The second kappa shape index (κ2) is 6.30. The molecule has 0 bridgehead atoms. The maximum atomic E-state index is 11.7. The van der Waals surface area contributed by atoms with Gasteiger partial charge in [0.05, 0.1) is 19.5 Å². The monoisotopic (exact) mass is 228 g/mol. The minimum atomic E-state index is -0.426. The molecule has 5 heteroatoms. The number of rotatable bonds is 6. The lowest BCUT2D eigenvalue weighted by molar-refractivity contribution is -0.0224. The lowest BCUT2D eigenvalue weighted by Gasteiger charge is -2.15. The van der Waals surface area contributed by atoms with E-state index in [9.17, 15) is 4.79 Å². The van der Waals surface area contributed by atoms with Crippen LogP contribution in [0.2, 0.25) is 0 Å². The summed E-state index contributed by atoms with van der Waals surface area (Å²) in [6.45, 7) is 2.31. The molecule has 1 heterocycles. The summed E-state index contributed by atoms with van der Waals surface area (Å²) in [5.74, 6) is 0.115. The molecule has 0 N–H and O–H groups in total. The predicted molar refractivity (Wildman–Crippen MR) is 56.4 cm³/mol. The van der Waals surface area contributed by atoms with Crippen molar-refractivity contribution in [3.63, 3.8) is 0 Å². The molecule has 0 saturated carbocycles. The third kappa shape index (κ3) is 3.36. The summed E-state index contributed by atoms with van der Waals surface area (Å²) in [4.78, 5) is 11.7. The normalized spacial score (nSPS) is 10.8. The lowest BCUT2D eigenvalue weighted by atomic mass is 10.2. The Morgan fingerprint density at radius 3 is 2.44 bits per heavy atom. The molecule has 0 aliphatic rings. The largest absolute Gasteiger partial charge is 0.469 e. The number of hydrogen-bond acceptors (Lipinski definition) is 5. The van der Waals surface area contributed by atoms with Crippen molar-refractivity contribution in [2.24, 2.45) is 0 Å². The minimum absolute atomic E-state index is 0.302. The summed E-state index contributed by atoms with van der Waals surface area (Å²) in [6, 6.07) is 1.58. The third-order valence-corrected chi connectivity index (χ3v) is 2.06. The number of methoxy groups -OCH3 is 2. The van der Waals surface area contributed by atoms with Crippen molar-refractivity contribution >= 4 is 5.97 Å². The Kier molecular flexibility index (Phi) is 5.01. The number of aryl methyl sites for hydroxylation is 1. The molecule has 0 fully saturated rings. The zero-order chi connectivity index (χ0) is 12.0. The highest BCUT2D eigenvalue weighted by Gasteiger charge is 2.18. The van der Waals surface area contributed by atoms with Crippen molar-refractivity contribution in [1.29, 1.82) is 0 Å². The van der Waals surface area contributed by atoms with Gasteiger partial charge in [0, 0.05) is 14.2 Å². The van der Waals surface area contributed by atoms with E-state index in [1.807, 2.05) is 0 Å². The molecular weight excluding hydrogens is 212 g/mol. The van der Waals surface area contributed by atoms with Crippen molar-refractivity contribution in [3.05, 3.63) is 23.7 Å². The molecule has 0 aliphatic carbocycles. The molecule has 0 amide bonds. The highest BCUT2D eigenvalue weighted by atomic mass is 16.6. The first kappa shape index (κ1) is 12.7. The summed E-state index contributed by atoms with van der Waals surface area (Å²) in [5, 5.41) is 0. The number of esters is 1. The first-order valence-corrected chi connectivity index (χ1v) is 4.92. The molecule has 5 nitrogen and oxygen atoms in total. The van der Waals surface area contributed by atoms with Crippen molar-refractivity contribution < 1.29 is 23.4 Å². The number of ether oxygens (including phenoxy) is 3. The fourth-order valence-corrected chi connectivity index (χ4v) is 1.30. The second-order valence-corrected chi connectivity index (χ2v) is 3.33. The van der Waals surface area contributed by atoms with E-state index in [2.05, 4.69) is 0 Å². The maximum absolute atomic E-state index is 11.7. The van der Waals surface area contributed by atoms with Crippen LogP contribution in [0.15, 0.2) is 16.7 Å². The molecule has 0 atom stereocenters. The van der Waals surface area contributed by atoms with E-state index in [4.69, 9.17) is 18.6 Å². The van der Waals surface area contributed by atoms with Gasteiger partial charge in [0.15, 0.2) is 0 Å². The van der Waals surface area contributed by atoms with Crippen molar-refractivity contribution in [1.82, 2.24) is 0 Å². The fraction of sp³-hybridized carbons (Fsp3) is 0.545. The Hall–Kier alpha value is -1.33. The van der Waals surface area contributed by atoms with E-state index in [0.717, 1.165) is 0 Å². The highest BCUT2D eigenvalue weighted by molar-refractivity contribution is 5.90. The first-order chi connectivity index (χ1) is 7.69. The van der Waals surface area contributed by atoms with Gasteiger partial charge in [-0.2, -0.15) is 0 Å². The van der Waals surface area contributed by atoms with Gasteiger partial charge in [-0.05, 0) is 13.0 Å². The molecule has 1 rings (SSSR count). The van der Waals surface area contributed by atoms with Gasteiger partial charge in [-0.1, -0.05) is 0 Å². The average Bonchev–Trinajstić information content (AvgIpc) is 2.65. The third-order valence-electron chi connectivity index (χ3n) is 2.06. The fourth-order valence-electron chi connectivity index (χ4n) is 1.30. The summed E-state index contributed by atoms with van der Waals surface area (Å²) in [6.07, 6.45) is 1.05. The molecule has 0 radical (unpaired) electrons. The van der Waals surface area contributed by atoms with Gasteiger partial charge in [0.1, 0.15) is 17.4 Å². The van der Waals surface area contributed by atoms with Gasteiger partial charge in [-0.25, -0.2) is 4.79 Å². The Morgan fingerprint density at radius 2 is 2.00 bits per heavy atom. The summed E-state index contributed by atoms with van der Waals surface area (Å²) >= 11 is 0. The Bertz CT molecular complexity index is 325. The molecule has 1 aromatic rings. The van der Waals surface area contributed by atoms with Gasteiger partial charge in [-0.15, -0.1) is 0 Å². The van der Waals surface area contributed by atoms with Crippen LogP contribution < -0.4 is 0 Å². The molecule has 0 aliphatic heterocycles. The van der Waals surface area contributed by atoms with Crippen LogP contribution in [0.5, 0.6) is 0 Å². The second-order valence-electron chi connectivity index (χ2n) is 3.33. The van der Waals surface area contributed by atoms with Crippen molar-refractivity contribution in [2.45, 2.75) is 13.0 Å². The Morgan fingerprint density at radius 1 is 1.38 bits per heavy atom. The zero-order valence-electron chi connectivity index (χ0n) is 9.69. The molecule has 16 heavy (non-hydrogen) atoms. The van der Waals surface area contributed by atoms with Crippen LogP contribution in [-0.2, 0) is 14.2 Å². The lowest BCUT2D eigenvalue weighted by Crippen LogP contribution is -2.27. The molecule has 0 aromatic carbocycles. The van der Waals surface area contributed by atoms with Crippen LogP contribution in [0, 0.1) is 6.92 Å². The van der Waals surface area contributed by atoms with Crippen molar-refractivity contribution in [2.75, 3.05) is 27.4 Å². The number of carbonyl (C=O) groups excluding carboxylic acids is 1.